The van der Waals surface area contributed by atoms with Crippen molar-refractivity contribution in [3.8, 4) is 11.5 Å². The molecule has 0 aromatic heterocycles. The van der Waals surface area contributed by atoms with Crippen molar-refractivity contribution >= 4 is 11.8 Å². The SMILES string of the molecule is COCCCOc1cc(C[C@@H](C[C@H](N)[C@@H](O)C[C@H](C(=O)NCCC(N)=O)C(C)C)C(C)C)ccc1OC. The Morgan fingerprint density at radius 3 is 2.30 bits per heavy atom. The summed E-state index contributed by atoms with van der Waals surface area (Å²) in [6, 6.07) is 5.48. The summed E-state index contributed by atoms with van der Waals surface area (Å²) in [5.74, 6) is 0.881. The first-order valence-electron chi connectivity index (χ1n) is 13.3. The third kappa shape index (κ3) is 12.2. The lowest BCUT2D eigenvalue weighted by Gasteiger charge is -2.30. The van der Waals surface area contributed by atoms with Crippen molar-refractivity contribution < 1.29 is 28.9 Å². The number of primary amides is 1. The van der Waals surface area contributed by atoms with Crippen LogP contribution in [0.25, 0.3) is 0 Å². The summed E-state index contributed by atoms with van der Waals surface area (Å²) in [5, 5.41) is 13.7. The molecular weight excluding hydrogens is 474 g/mol. The minimum atomic E-state index is -0.828. The molecule has 9 nitrogen and oxygen atoms in total. The summed E-state index contributed by atoms with van der Waals surface area (Å²) >= 11 is 0. The van der Waals surface area contributed by atoms with Crippen molar-refractivity contribution in [1.29, 1.82) is 0 Å². The van der Waals surface area contributed by atoms with E-state index in [-0.39, 0.29) is 37.1 Å². The van der Waals surface area contributed by atoms with Crippen LogP contribution in [0.3, 0.4) is 0 Å². The maximum atomic E-state index is 12.6. The van der Waals surface area contributed by atoms with Gasteiger partial charge in [-0.1, -0.05) is 33.8 Å². The van der Waals surface area contributed by atoms with E-state index < -0.39 is 24.0 Å². The summed E-state index contributed by atoms with van der Waals surface area (Å²) in [6.07, 6.45) is 1.69. The molecule has 1 aromatic rings. The zero-order chi connectivity index (χ0) is 28.0. The molecule has 6 N–H and O–H groups in total. The second-order valence-corrected chi connectivity index (χ2v) is 10.4. The topological polar surface area (TPSA) is 146 Å². The molecule has 0 aliphatic rings. The lowest BCUT2D eigenvalue weighted by atomic mass is 9.81. The molecule has 0 heterocycles. The number of nitrogens with two attached hydrogens (primary N) is 2. The number of hydrogen-bond acceptors (Lipinski definition) is 7. The highest BCUT2D eigenvalue weighted by Crippen LogP contribution is 2.31. The number of nitrogens with one attached hydrogen (secondary N) is 1. The second kappa shape index (κ2) is 17.2. The Bertz CT molecular complexity index is 817. The quantitative estimate of drug-likeness (QED) is 0.204. The molecule has 4 atom stereocenters. The highest BCUT2D eigenvalue weighted by atomic mass is 16.5. The molecule has 0 saturated carbocycles. The average molecular weight is 524 g/mol. The number of hydrogen-bond donors (Lipinski definition) is 4. The monoisotopic (exact) mass is 523 g/mol. The van der Waals surface area contributed by atoms with Crippen molar-refractivity contribution in [3.05, 3.63) is 23.8 Å². The molecule has 0 aliphatic carbocycles. The number of rotatable bonds is 19. The van der Waals surface area contributed by atoms with Gasteiger partial charge in [-0.15, -0.1) is 0 Å². The summed E-state index contributed by atoms with van der Waals surface area (Å²) in [7, 11) is 3.29. The standard InChI is InChI=1S/C28H49N3O6/c1-18(2)21(14-20-8-9-25(36-6)26(15-20)37-13-7-12-35-5)16-23(29)24(32)17-22(19(3)4)28(34)31-11-10-27(30)33/h8-9,15,18-19,21-24,32H,7,10-14,16-17,29H2,1-6H3,(H2,30,33)(H,31,34)/t21-,22-,23-,24-/m0/s1. The first kappa shape index (κ1) is 32.7. The van der Waals surface area contributed by atoms with Crippen LogP contribution in [0.4, 0.5) is 0 Å². The minimum absolute atomic E-state index is 0.0120. The lowest BCUT2D eigenvalue weighted by Crippen LogP contribution is -2.43. The summed E-state index contributed by atoms with van der Waals surface area (Å²) < 4.78 is 16.5. The van der Waals surface area contributed by atoms with E-state index in [1.165, 1.54) is 0 Å². The smallest absolute Gasteiger partial charge is 0.223 e. The number of benzene rings is 1. The molecule has 2 amide bonds. The number of carbonyl (C=O) groups is 2. The van der Waals surface area contributed by atoms with Crippen molar-refractivity contribution in [2.24, 2.45) is 35.1 Å². The van der Waals surface area contributed by atoms with Gasteiger partial charge in [0.15, 0.2) is 11.5 Å². The van der Waals surface area contributed by atoms with Crippen LogP contribution in [0, 0.1) is 23.7 Å². The molecule has 0 radical (unpaired) electrons. The molecular formula is C28H49N3O6. The lowest BCUT2D eigenvalue weighted by molar-refractivity contribution is -0.127. The fourth-order valence-corrected chi connectivity index (χ4v) is 4.30. The normalized spacial score (nSPS) is 14.8. The van der Waals surface area contributed by atoms with E-state index in [1.54, 1.807) is 14.2 Å². The Kier molecular flexibility index (Phi) is 15.2. The van der Waals surface area contributed by atoms with E-state index in [1.807, 2.05) is 32.0 Å². The van der Waals surface area contributed by atoms with E-state index in [4.69, 9.17) is 25.7 Å². The van der Waals surface area contributed by atoms with Gasteiger partial charge in [-0.3, -0.25) is 9.59 Å². The average Bonchev–Trinajstić information content (AvgIpc) is 2.84. The number of aliphatic hydroxyl groups is 1. The molecule has 1 rings (SSSR count). The molecule has 0 bridgehead atoms. The zero-order valence-electron chi connectivity index (χ0n) is 23.5. The molecule has 212 valence electrons. The Hall–Kier alpha value is -2.36. The number of ether oxygens (including phenoxy) is 3. The summed E-state index contributed by atoms with van der Waals surface area (Å²) in [5.41, 5.74) is 12.7. The van der Waals surface area contributed by atoms with Crippen molar-refractivity contribution in [2.45, 2.75) is 71.9 Å². The van der Waals surface area contributed by atoms with Crippen LogP contribution in [0.5, 0.6) is 11.5 Å². The highest BCUT2D eigenvalue weighted by molar-refractivity contribution is 5.80. The third-order valence-electron chi connectivity index (χ3n) is 6.80. The maximum absolute atomic E-state index is 12.6. The van der Waals surface area contributed by atoms with Crippen LogP contribution in [-0.4, -0.2) is 63.0 Å². The Morgan fingerprint density at radius 2 is 1.73 bits per heavy atom. The molecule has 1 aromatic carbocycles. The van der Waals surface area contributed by atoms with E-state index >= 15 is 0 Å². The van der Waals surface area contributed by atoms with Gasteiger partial charge >= 0.3 is 0 Å². The van der Waals surface area contributed by atoms with Gasteiger partial charge in [0.25, 0.3) is 0 Å². The van der Waals surface area contributed by atoms with Gasteiger partial charge in [-0.2, -0.15) is 0 Å². The summed E-state index contributed by atoms with van der Waals surface area (Å²) in [6.45, 7) is 9.53. The van der Waals surface area contributed by atoms with Gasteiger partial charge in [0, 0.05) is 45.1 Å². The van der Waals surface area contributed by atoms with E-state index in [2.05, 4.69) is 19.2 Å². The number of carbonyl (C=O) groups excluding carboxylic acids is 2. The highest BCUT2D eigenvalue weighted by Gasteiger charge is 2.29. The first-order valence-corrected chi connectivity index (χ1v) is 13.3. The zero-order valence-corrected chi connectivity index (χ0v) is 23.5. The minimum Gasteiger partial charge on any atom is -0.493 e. The van der Waals surface area contributed by atoms with Crippen LogP contribution in [-0.2, 0) is 20.7 Å². The number of methoxy groups -OCH3 is 2. The van der Waals surface area contributed by atoms with Crippen LogP contribution in [0.1, 0.15) is 58.9 Å². The number of aliphatic hydroxyl groups excluding tert-OH is 1. The fourth-order valence-electron chi connectivity index (χ4n) is 4.30. The van der Waals surface area contributed by atoms with E-state index in [9.17, 15) is 14.7 Å². The first-order chi connectivity index (χ1) is 17.5. The molecule has 0 fully saturated rings. The summed E-state index contributed by atoms with van der Waals surface area (Å²) in [4.78, 5) is 23.6. The van der Waals surface area contributed by atoms with Crippen LogP contribution < -0.4 is 26.3 Å². The van der Waals surface area contributed by atoms with Gasteiger partial charge in [0.05, 0.1) is 19.8 Å². The van der Waals surface area contributed by atoms with Crippen molar-refractivity contribution in [2.75, 3.05) is 34.0 Å². The molecule has 0 spiro atoms. The maximum Gasteiger partial charge on any atom is 0.223 e. The Morgan fingerprint density at radius 1 is 1.03 bits per heavy atom. The Balaban J connectivity index is 2.83. The molecule has 9 heteroatoms. The predicted molar refractivity (Wildman–Crippen MR) is 145 cm³/mol. The van der Waals surface area contributed by atoms with Crippen LogP contribution in [0.2, 0.25) is 0 Å². The third-order valence-corrected chi connectivity index (χ3v) is 6.80. The largest absolute Gasteiger partial charge is 0.493 e. The van der Waals surface area contributed by atoms with Gasteiger partial charge in [0.1, 0.15) is 0 Å². The predicted octanol–water partition coefficient (Wildman–Crippen LogP) is 2.66. The van der Waals surface area contributed by atoms with E-state index in [0.717, 1.165) is 18.4 Å². The molecule has 0 aliphatic heterocycles. The van der Waals surface area contributed by atoms with Gasteiger partial charge in [-0.05, 0) is 54.7 Å². The van der Waals surface area contributed by atoms with Gasteiger partial charge in [0.2, 0.25) is 11.8 Å². The van der Waals surface area contributed by atoms with Crippen LogP contribution in [0.15, 0.2) is 18.2 Å². The molecule has 0 unspecified atom stereocenters. The fraction of sp³-hybridized carbons (Fsp3) is 0.714. The number of amides is 2. The van der Waals surface area contributed by atoms with Crippen molar-refractivity contribution in [3.63, 3.8) is 0 Å². The van der Waals surface area contributed by atoms with Crippen molar-refractivity contribution in [1.82, 2.24) is 5.32 Å². The van der Waals surface area contributed by atoms with E-state index in [0.29, 0.717) is 37.1 Å². The van der Waals surface area contributed by atoms with Gasteiger partial charge < -0.3 is 36.1 Å². The molecule has 37 heavy (non-hydrogen) atoms. The molecule has 0 saturated heterocycles. The van der Waals surface area contributed by atoms with Crippen LogP contribution >= 0.6 is 0 Å². The second-order valence-electron chi connectivity index (χ2n) is 10.4. The van der Waals surface area contributed by atoms with Gasteiger partial charge in [-0.25, -0.2) is 0 Å². The Labute approximate surface area is 222 Å².